The molecule has 1 aliphatic heterocycles. The molecular weight excluding hydrogens is 560 g/mol. The molecule has 0 unspecified atom stereocenters. The number of carbonyl (C=O) groups excluding carboxylic acids is 2. The Morgan fingerprint density at radius 1 is 0.913 bits per heavy atom. The molecule has 8 heteroatoms. The highest BCUT2D eigenvalue weighted by molar-refractivity contribution is 9.26. The molecule has 3 atom stereocenters. The van der Waals surface area contributed by atoms with Gasteiger partial charge in [0.25, 0.3) is 0 Å². The molecule has 1 saturated heterocycles. The summed E-state index contributed by atoms with van der Waals surface area (Å²) in [7, 11) is 0. The molecule has 0 aromatic rings. The highest BCUT2D eigenvalue weighted by Crippen LogP contribution is 2.68. The lowest BCUT2D eigenvalue weighted by atomic mass is 10.0. The Bertz CT molecular complexity index is 582. The molecule has 0 aromatic heterocycles. The Morgan fingerprint density at radius 2 is 1.35 bits per heavy atom. The van der Waals surface area contributed by atoms with Crippen LogP contribution in [0.5, 0.6) is 0 Å². The summed E-state index contributed by atoms with van der Waals surface area (Å²) in [5.74, 6) is 0.331. The van der Waals surface area contributed by atoms with E-state index in [-0.39, 0.29) is 29.7 Å². The van der Waals surface area contributed by atoms with Gasteiger partial charge in [0.1, 0.15) is 0 Å². The van der Waals surface area contributed by atoms with Crippen LogP contribution < -0.4 is 0 Å². The van der Waals surface area contributed by atoms with Crippen LogP contribution in [-0.4, -0.2) is 53.8 Å². The van der Waals surface area contributed by atoms with Crippen molar-refractivity contribution >= 4 is 75.5 Å². The fraction of sp³-hybridized carbons (Fsp3) is 0.867. The third kappa shape index (κ3) is 2.78. The van der Waals surface area contributed by atoms with Crippen molar-refractivity contribution in [2.45, 2.75) is 46.1 Å². The van der Waals surface area contributed by atoms with E-state index in [9.17, 15) is 9.59 Å². The number of hydrogen-bond donors (Lipinski definition) is 0. The third-order valence-corrected chi connectivity index (χ3v) is 10.3. The average Bonchev–Trinajstić information content (AvgIpc) is 3.17. The molecule has 0 aromatic carbocycles. The molecule has 2 aliphatic carbocycles. The molecule has 130 valence electrons. The summed E-state index contributed by atoms with van der Waals surface area (Å²) in [6.07, 6.45) is 1.58. The first-order valence-corrected chi connectivity index (χ1v) is 10.9. The van der Waals surface area contributed by atoms with Crippen LogP contribution >= 0.6 is 63.7 Å². The van der Waals surface area contributed by atoms with Crippen LogP contribution in [0.4, 0.5) is 0 Å². The quantitative estimate of drug-likeness (QED) is 0.467. The van der Waals surface area contributed by atoms with Crippen molar-refractivity contribution in [3.05, 3.63) is 0 Å². The summed E-state index contributed by atoms with van der Waals surface area (Å²) in [6, 6.07) is 0.0378. The van der Waals surface area contributed by atoms with Crippen molar-refractivity contribution in [2.75, 3.05) is 19.6 Å². The van der Waals surface area contributed by atoms with Crippen LogP contribution in [0.1, 0.15) is 33.6 Å². The molecule has 4 nitrogen and oxygen atoms in total. The molecule has 0 bridgehead atoms. The average molecular weight is 580 g/mol. The highest BCUT2D eigenvalue weighted by atomic mass is 79.9. The van der Waals surface area contributed by atoms with Gasteiger partial charge in [-0.3, -0.25) is 9.59 Å². The Morgan fingerprint density at radius 3 is 1.74 bits per heavy atom. The van der Waals surface area contributed by atoms with E-state index in [0.717, 1.165) is 12.8 Å². The van der Waals surface area contributed by atoms with Gasteiger partial charge in [-0.2, -0.15) is 0 Å². The van der Waals surface area contributed by atoms with Crippen molar-refractivity contribution in [3.8, 4) is 0 Å². The first-order chi connectivity index (χ1) is 10.4. The second kappa shape index (κ2) is 5.43. The van der Waals surface area contributed by atoms with Gasteiger partial charge in [0, 0.05) is 25.7 Å². The molecule has 23 heavy (non-hydrogen) atoms. The minimum Gasteiger partial charge on any atom is -0.338 e. The number of amides is 2. The predicted octanol–water partition coefficient (Wildman–Crippen LogP) is 3.84. The van der Waals surface area contributed by atoms with Crippen LogP contribution in [0.3, 0.4) is 0 Å². The normalized spacial score (nSPS) is 40.7. The summed E-state index contributed by atoms with van der Waals surface area (Å²) in [5.41, 5.74) is -0.779. The first-order valence-electron chi connectivity index (χ1n) is 7.72. The van der Waals surface area contributed by atoms with Crippen LogP contribution in [0.25, 0.3) is 0 Å². The van der Waals surface area contributed by atoms with Gasteiger partial charge in [0.05, 0.1) is 17.3 Å². The number of alkyl halides is 4. The van der Waals surface area contributed by atoms with E-state index >= 15 is 0 Å². The van der Waals surface area contributed by atoms with E-state index in [4.69, 9.17) is 0 Å². The molecule has 0 N–H and O–H groups in total. The van der Waals surface area contributed by atoms with E-state index in [2.05, 4.69) is 63.7 Å². The van der Waals surface area contributed by atoms with Gasteiger partial charge in [0.15, 0.2) is 0 Å². The number of piperazine rings is 1. The smallest absolute Gasteiger partial charge is 0.231 e. The summed E-state index contributed by atoms with van der Waals surface area (Å²) < 4.78 is -0.545. The molecule has 0 radical (unpaired) electrons. The minimum atomic E-state index is -0.392. The minimum absolute atomic E-state index is 0.0378. The number of rotatable bonds is 2. The van der Waals surface area contributed by atoms with Gasteiger partial charge in [0.2, 0.25) is 11.8 Å². The lowest BCUT2D eigenvalue weighted by Crippen LogP contribution is -2.58. The maximum Gasteiger partial charge on any atom is 0.231 e. The zero-order valence-electron chi connectivity index (χ0n) is 13.3. The van der Waals surface area contributed by atoms with Gasteiger partial charge in [-0.25, -0.2) is 0 Å². The maximum atomic E-state index is 12.8. The van der Waals surface area contributed by atoms with Gasteiger partial charge < -0.3 is 9.80 Å². The molecule has 1 heterocycles. The Balaban J connectivity index is 1.65. The number of halogens is 4. The van der Waals surface area contributed by atoms with E-state index in [1.807, 2.05) is 30.6 Å². The van der Waals surface area contributed by atoms with Gasteiger partial charge >= 0.3 is 0 Å². The topological polar surface area (TPSA) is 40.6 Å². The van der Waals surface area contributed by atoms with Crippen LogP contribution in [0.15, 0.2) is 0 Å². The monoisotopic (exact) mass is 576 g/mol. The standard InChI is InChI=1S/C15H20Br4N2O2/c1-9-6-20(10(22)12(2)7-14(12,16)17)4-5-21(9)11(23)13(3)8-15(13,18)19/h9H,4-8H2,1-3H3/t9-,12+,13-/m1/s1. The third-order valence-electron chi connectivity index (χ3n) is 5.64. The lowest BCUT2D eigenvalue weighted by Gasteiger charge is -2.42. The van der Waals surface area contributed by atoms with Crippen LogP contribution in [0.2, 0.25) is 0 Å². The number of carbonyl (C=O) groups is 2. The van der Waals surface area contributed by atoms with Gasteiger partial charge in [-0.05, 0) is 33.6 Å². The molecular formula is C15H20Br4N2O2. The molecule has 3 rings (SSSR count). The summed E-state index contributed by atoms with van der Waals surface area (Å²) in [4.78, 5) is 29.5. The van der Waals surface area contributed by atoms with E-state index in [1.165, 1.54) is 0 Å². The van der Waals surface area contributed by atoms with Crippen LogP contribution in [0, 0.1) is 10.8 Å². The maximum absolute atomic E-state index is 12.8. The second-order valence-electron chi connectivity index (χ2n) is 7.53. The summed E-state index contributed by atoms with van der Waals surface area (Å²) in [5, 5.41) is 0. The molecule has 0 spiro atoms. The van der Waals surface area contributed by atoms with E-state index in [0.29, 0.717) is 19.6 Å². The van der Waals surface area contributed by atoms with Crippen molar-refractivity contribution < 1.29 is 9.59 Å². The zero-order chi connectivity index (χ0) is 17.4. The van der Waals surface area contributed by atoms with Gasteiger partial charge in [-0.1, -0.05) is 63.7 Å². The Hall–Kier alpha value is 0.860. The molecule has 3 aliphatic rings. The molecule has 2 saturated carbocycles. The Kier molecular flexibility index (Phi) is 4.40. The second-order valence-corrected chi connectivity index (χ2v) is 15.1. The summed E-state index contributed by atoms with van der Waals surface area (Å²) >= 11 is 14.3. The molecule has 3 fully saturated rings. The fourth-order valence-corrected chi connectivity index (χ4v) is 6.29. The van der Waals surface area contributed by atoms with Crippen molar-refractivity contribution in [3.63, 3.8) is 0 Å². The summed E-state index contributed by atoms with van der Waals surface area (Å²) in [6.45, 7) is 7.80. The SMILES string of the molecule is C[C@@H]1CN(C(=O)[C@]2(C)CC2(Br)Br)CCN1C(=O)[C@@]1(C)CC1(Br)Br. The fourth-order valence-electron chi connectivity index (χ4n) is 3.37. The highest BCUT2D eigenvalue weighted by Gasteiger charge is 2.69. The van der Waals surface area contributed by atoms with Crippen LogP contribution in [-0.2, 0) is 9.59 Å². The van der Waals surface area contributed by atoms with Crippen molar-refractivity contribution in [1.82, 2.24) is 9.80 Å². The number of hydrogen-bond acceptors (Lipinski definition) is 2. The lowest BCUT2D eigenvalue weighted by molar-refractivity contribution is -0.148. The van der Waals surface area contributed by atoms with Crippen molar-refractivity contribution in [1.29, 1.82) is 0 Å². The largest absolute Gasteiger partial charge is 0.338 e. The van der Waals surface area contributed by atoms with Crippen molar-refractivity contribution in [2.24, 2.45) is 10.8 Å². The number of nitrogens with zero attached hydrogens (tertiary/aromatic N) is 2. The van der Waals surface area contributed by atoms with E-state index < -0.39 is 5.41 Å². The predicted molar refractivity (Wildman–Crippen MR) is 104 cm³/mol. The first kappa shape index (κ1) is 18.6. The zero-order valence-corrected chi connectivity index (χ0v) is 19.7. The Labute approximate surface area is 170 Å². The molecule has 2 amide bonds. The van der Waals surface area contributed by atoms with Gasteiger partial charge in [-0.15, -0.1) is 0 Å². The van der Waals surface area contributed by atoms with E-state index in [1.54, 1.807) is 0 Å².